The van der Waals surface area contributed by atoms with Crippen LogP contribution in [0.3, 0.4) is 0 Å². The number of hydrogen-bond acceptors (Lipinski definition) is 5. The van der Waals surface area contributed by atoms with Crippen LogP contribution in [0.4, 0.5) is 5.69 Å². The van der Waals surface area contributed by atoms with E-state index in [4.69, 9.17) is 9.47 Å². The summed E-state index contributed by atoms with van der Waals surface area (Å²) in [4.78, 5) is 26.5. The summed E-state index contributed by atoms with van der Waals surface area (Å²) >= 11 is 0. The van der Waals surface area contributed by atoms with Crippen molar-refractivity contribution in [3.63, 3.8) is 0 Å². The summed E-state index contributed by atoms with van der Waals surface area (Å²) in [7, 11) is 2.56. The van der Waals surface area contributed by atoms with Crippen LogP contribution in [-0.2, 0) is 19.1 Å². The van der Waals surface area contributed by atoms with Crippen molar-refractivity contribution in [2.45, 2.75) is 0 Å². The number of nitrogens with zero attached hydrogens (tertiary/aromatic N) is 1. The van der Waals surface area contributed by atoms with Crippen molar-refractivity contribution in [2.24, 2.45) is 0 Å². The lowest BCUT2D eigenvalue weighted by Gasteiger charge is -2.23. The molecule has 0 radical (unpaired) electrons. The molecule has 4 rings (SSSR count). The fourth-order valence-corrected chi connectivity index (χ4v) is 3.64. The molecule has 0 atom stereocenters. The molecular weight excluding hydrogens is 390 g/mol. The number of anilines is 1. The van der Waals surface area contributed by atoms with E-state index in [9.17, 15) is 9.59 Å². The average Bonchev–Trinajstić information content (AvgIpc) is 3.06. The van der Waals surface area contributed by atoms with E-state index in [1.54, 1.807) is 29.3 Å². The van der Waals surface area contributed by atoms with Crippen LogP contribution in [0.25, 0.3) is 21.9 Å². The van der Waals surface area contributed by atoms with Gasteiger partial charge in [-0.15, -0.1) is 0 Å². The lowest BCUT2D eigenvalue weighted by Crippen LogP contribution is -2.26. The van der Waals surface area contributed by atoms with Gasteiger partial charge in [0.15, 0.2) is 0 Å². The molecule has 0 aromatic heterocycles. The molecule has 0 aliphatic carbocycles. The first-order chi connectivity index (χ1) is 15.1. The number of carbonyl (C=O) groups is 2. The van der Waals surface area contributed by atoms with E-state index in [1.807, 2.05) is 42.5 Å². The fourth-order valence-electron chi connectivity index (χ4n) is 3.64. The largest absolute Gasteiger partial charge is 0.465 e. The molecule has 0 saturated heterocycles. The Bertz CT molecular complexity index is 1230. The number of esters is 2. The molecule has 0 fully saturated rings. The van der Waals surface area contributed by atoms with Gasteiger partial charge in [-0.25, -0.2) is 9.59 Å². The zero-order valence-corrected chi connectivity index (χ0v) is 17.2. The number of allylic oxidation sites excluding steroid dienone is 2. The minimum atomic E-state index is -0.630. The van der Waals surface area contributed by atoms with Crippen LogP contribution >= 0.6 is 0 Å². The van der Waals surface area contributed by atoms with Crippen LogP contribution in [-0.4, -0.2) is 26.2 Å². The average molecular weight is 411 g/mol. The summed E-state index contributed by atoms with van der Waals surface area (Å²) in [5, 5.41) is 2.34. The molecule has 0 spiro atoms. The Morgan fingerprint density at radius 2 is 1.48 bits per heavy atom. The molecule has 0 saturated carbocycles. The van der Waals surface area contributed by atoms with Gasteiger partial charge in [-0.05, 0) is 46.2 Å². The Balaban J connectivity index is 1.78. The topological polar surface area (TPSA) is 55.8 Å². The zero-order valence-electron chi connectivity index (χ0n) is 17.2. The normalized spacial score (nSPS) is 13.3. The lowest BCUT2D eigenvalue weighted by atomic mass is 9.98. The molecule has 1 aliphatic rings. The number of ether oxygens (including phenoxy) is 2. The molecular formula is C26H21NO4. The van der Waals surface area contributed by atoms with Gasteiger partial charge in [0.25, 0.3) is 0 Å². The van der Waals surface area contributed by atoms with Gasteiger partial charge in [-0.3, -0.25) is 0 Å². The van der Waals surface area contributed by atoms with Crippen molar-refractivity contribution in [3.05, 3.63) is 102 Å². The second kappa shape index (κ2) is 8.71. The first-order valence-corrected chi connectivity index (χ1v) is 9.77. The van der Waals surface area contributed by atoms with Gasteiger partial charge < -0.3 is 14.4 Å². The van der Waals surface area contributed by atoms with E-state index >= 15 is 0 Å². The molecule has 5 heteroatoms. The van der Waals surface area contributed by atoms with E-state index in [2.05, 4.69) is 24.3 Å². The van der Waals surface area contributed by atoms with Crippen molar-refractivity contribution < 1.29 is 19.1 Å². The highest BCUT2D eigenvalue weighted by Gasteiger charge is 2.27. The summed E-state index contributed by atoms with van der Waals surface area (Å²) in [6.45, 7) is 0. The van der Waals surface area contributed by atoms with E-state index < -0.39 is 11.9 Å². The van der Waals surface area contributed by atoms with Crippen LogP contribution in [0.5, 0.6) is 0 Å². The highest BCUT2D eigenvalue weighted by atomic mass is 16.5. The first-order valence-electron chi connectivity index (χ1n) is 9.77. The van der Waals surface area contributed by atoms with Gasteiger partial charge in [-0.1, -0.05) is 60.7 Å². The van der Waals surface area contributed by atoms with E-state index in [0.717, 1.165) is 11.1 Å². The summed E-state index contributed by atoms with van der Waals surface area (Å²) < 4.78 is 9.81. The molecule has 3 aromatic rings. The molecule has 3 aromatic carbocycles. The van der Waals surface area contributed by atoms with Crippen LogP contribution in [0.15, 0.2) is 102 Å². The summed E-state index contributed by atoms with van der Waals surface area (Å²) in [6, 6.07) is 22.3. The number of methoxy groups -OCH3 is 2. The second-order valence-electron chi connectivity index (χ2n) is 6.89. The summed E-state index contributed by atoms with van der Waals surface area (Å²) in [5.41, 5.74) is 3.10. The highest BCUT2D eigenvalue weighted by Crippen LogP contribution is 2.32. The number of fused-ring (bicyclic) bond motifs is 1. The zero-order chi connectivity index (χ0) is 21.8. The third-order valence-corrected chi connectivity index (χ3v) is 5.14. The minimum absolute atomic E-state index is 0.0947. The number of carbonyl (C=O) groups excluding carboxylic acids is 2. The Morgan fingerprint density at radius 3 is 2.23 bits per heavy atom. The lowest BCUT2D eigenvalue weighted by molar-refractivity contribution is -0.139. The molecule has 1 heterocycles. The van der Waals surface area contributed by atoms with Gasteiger partial charge in [0, 0.05) is 11.9 Å². The number of hydrogen-bond donors (Lipinski definition) is 0. The molecule has 0 bridgehead atoms. The SMILES string of the molecule is COC(=O)C1=C(C(=O)OC)N(c2ccc(-c3cccc4ccccc34)cc2)C=CC=C1. The second-order valence-corrected chi connectivity index (χ2v) is 6.89. The van der Waals surface area contributed by atoms with Crippen molar-refractivity contribution >= 4 is 28.4 Å². The van der Waals surface area contributed by atoms with Gasteiger partial charge in [0.1, 0.15) is 5.70 Å². The van der Waals surface area contributed by atoms with Crippen molar-refractivity contribution in [3.8, 4) is 11.1 Å². The monoisotopic (exact) mass is 411 g/mol. The molecule has 0 N–H and O–H groups in total. The maximum atomic E-state index is 12.6. The van der Waals surface area contributed by atoms with Crippen LogP contribution < -0.4 is 4.90 Å². The molecule has 0 amide bonds. The van der Waals surface area contributed by atoms with E-state index in [-0.39, 0.29) is 11.3 Å². The Morgan fingerprint density at radius 1 is 0.774 bits per heavy atom. The van der Waals surface area contributed by atoms with Gasteiger partial charge >= 0.3 is 11.9 Å². The van der Waals surface area contributed by atoms with Crippen molar-refractivity contribution in [1.29, 1.82) is 0 Å². The summed E-state index contributed by atoms with van der Waals surface area (Å²) in [6.07, 6.45) is 6.68. The van der Waals surface area contributed by atoms with E-state index in [0.29, 0.717) is 5.69 Å². The Hall–Kier alpha value is -4.12. The number of benzene rings is 3. The van der Waals surface area contributed by atoms with Crippen LogP contribution in [0.2, 0.25) is 0 Å². The molecule has 0 unspecified atom stereocenters. The van der Waals surface area contributed by atoms with Crippen molar-refractivity contribution in [2.75, 3.05) is 19.1 Å². The van der Waals surface area contributed by atoms with Gasteiger partial charge in [0.05, 0.1) is 19.8 Å². The standard InChI is InChI=1S/C26H21NO4/c1-30-25(28)23-11-5-6-17-27(24(23)26(29)31-2)20-15-13-19(14-16-20)22-12-7-9-18-8-3-4-10-21(18)22/h3-17H,1-2H3. The maximum absolute atomic E-state index is 12.6. The minimum Gasteiger partial charge on any atom is -0.465 e. The van der Waals surface area contributed by atoms with E-state index in [1.165, 1.54) is 25.0 Å². The maximum Gasteiger partial charge on any atom is 0.355 e. The first kappa shape index (κ1) is 20.2. The van der Waals surface area contributed by atoms with Crippen molar-refractivity contribution in [1.82, 2.24) is 0 Å². The molecule has 31 heavy (non-hydrogen) atoms. The number of rotatable bonds is 4. The van der Waals surface area contributed by atoms with Crippen LogP contribution in [0, 0.1) is 0 Å². The highest BCUT2D eigenvalue weighted by molar-refractivity contribution is 6.05. The Labute approximate surface area is 180 Å². The van der Waals surface area contributed by atoms with Gasteiger partial charge in [-0.2, -0.15) is 0 Å². The quantitative estimate of drug-likeness (QED) is 0.566. The molecule has 5 nitrogen and oxygen atoms in total. The third-order valence-electron chi connectivity index (χ3n) is 5.14. The third kappa shape index (κ3) is 3.85. The molecule has 1 aliphatic heterocycles. The smallest absolute Gasteiger partial charge is 0.355 e. The predicted octanol–water partition coefficient (Wildman–Crippen LogP) is 5.00. The predicted molar refractivity (Wildman–Crippen MR) is 121 cm³/mol. The van der Waals surface area contributed by atoms with Crippen LogP contribution in [0.1, 0.15) is 0 Å². The summed E-state index contributed by atoms with van der Waals surface area (Å²) in [5.74, 6) is -1.24. The molecule has 154 valence electrons. The fraction of sp³-hybridized carbons (Fsp3) is 0.0769. The Kier molecular flexibility index (Phi) is 5.67. The van der Waals surface area contributed by atoms with Gasteiger partial charge in [0.2, 0.25) is 0 Å².